The number of nitrogens with two attached hydrogens (primary N) is 1. The Morgan fingerprint density at radius 2 is 2.06 bits per heavy atom. The fourth-order valence-corrected chi connectivity index (χ4v) is 6.11. The smallest absolute Gasteiger partial charge is 0.353 e. The number of aromatic nitrogens is 1. The molecule has 33 heavy (non-hydrogen) atoms. The quantitative estimate of drug-likeness (QED) is 0.214. The summed E-state index contributed by atoms with van der Waals surface area (Å²) in [6, 6.07) is 9.24. The number of carboxylic acid groups (broad SMARTS) is 1. The lowest BCUT2D eigenvalue weighted by atomic mass is 9.77. The monoisotopic (exact) mass is 506 g/mol. The van der Waals surface area contributed by atoms with E-state index in [0.29, 0.717) is 23.5 Å². The molecule has 0 saturated carbocycles. The van der Waals surface area contributed by atoms with Gasteiger partial charge in [-0.25, -0.2) is 9.78 Å². The van der Waals surface area contributed by atoms with Gasteiger partial charge in [-0.05, 0) is 18.4 Å². The average molecular weight is 507 g/mol. The number of carbonyl (C=O) groups excluding carboxylic acids is 2. The van der Waals surface area contributed by atoms with Crippen molar-refractivity contribution in [2.24, 2.45) is 11.1 Å². The van der Waals surface area contributed by atoms with Crippen molar-refractivity contribution in [1.29, 1.82) is 0 Å². The highest BCUT2D eigenvalue weighted by molar-refractivity contribution is 8.02. The van der Waals surface area contributed by atoms with Crippen molar-refractivity contribution >= 4 is 63.2 Å². The number of benzene rings is 1. The van der Waals surface area contributed by atoms with E-state index in [1.165, 1.54) is 16.7 Å². The van der Waals surface area contributed by atoms with Gasteiger partial charge >= 0.3 is 5.97 Å². The molecule has 0 spiro atoms. The molecule has 2 aromatic rings. The maximum absolute atomic E-state index is 12.9. The third kappa shape index (κ3) is 4.48. The molecule has 1 amide bonds. The van der Waals surface area contributed by atoms with Gasteiger partial charge in [-0.15, -0.1) is 11.8 Å². The van der Waals surface area contributed by atoms with Crippen LogP contribution in [0.5, 0.6) is 0 Å². The Kier molecular flexibility index (Phi) is 6.73. The molecule has 1 fully saturated rings. The second kappa shape index (κ2) is 9.54. The van der Waals surface area contributed by atoms with Crippen molar-refractivity contribution in [3.63, 3.8) is 0 Å². The average Bonchev–Trinajstić information content (AvgIpc) is 3.13. The SMILES string of the molecule is Nc1nc(/C(=N\O)C(=O)CC2C(=O)N3C(C(=O)O)=C(SCc4ccccc4)CCC23)c(Cl)s1. The molecular weight excluding hydrogens is 488 g/mol. The normalized spacial score (nSPS) is 20.5. The van der Waals surface area contributed by atoms with Gasteiger partial charge in [-0.1, -0.05) is 58.4 Å². The largest absolute Gasteiger partial charge is 0.477 e. The molecule has 2 aliphatic heterocycles. The molecule has 3 heterocycles. The number of carbonyl (C=O) groups is 3. The second-order valence-corrected chi connectivity index (χ2v) is 10.2. The number of anilines is 1. The Hall–Kier alpha value is -2.89. The van der Waals surface area contributed by atoms with Crippen molar-refractivity contribution in [3.8, 4) is 0 Å². The zero-order chi connectivity index (χ0) is 23.7. The topological polar surface area (TPSA) is 146 Å². The summed E-state index contributed by atoms with van der Waals surface area (Å²) in [5, 5.41) is 22.3. The number of ketones is 1. The van der Waals surface area contributed by atoms with E-state index >= 15 is 0 Å². The van der Waals surface area contributed by atoms with E-state index in [9.17, 15) is 24.7 Å². The van der Waals surface area contributed by atoms with E-state index in [2.05, 4.69) is 10.1 Å². The van der Waals surface area contributed by atoms with E-state index in [1.807, 2.05) is 30.3 Å². The van der Waals surface area contributed by atoms with Crippen molar-refractivity contribution < 1.29 is 24.7 Å². The molecule has 2 atom stereocenters. The van der Waals surface area contributed by atoms with E-state index in [0.717, 1.165) is 16.9 Å². The number of thiazole rings is 1. The number of aliphatic carboxylic acids is 1. The molecule has 172 valence electrons. The van der Waals surface area contributed by atoms with Crippen LogP contribution in [0.2, 0.25) is 4.34 Å². The van der Waals surface area contributed by atoms with Gasteiger partial charge in [-0.3, -0.25) is 9.59 Å². The van der Waals surface area contributed by atoms with E-state index in [1.54, 1.807) is 0 Å². The summed E-state index contributed by atoms with van der Waals surface area (Å²) >= 11 is 8.35. The highest BCUT2D eigenvalue weighted by Crippen LogP contribution is 2.45. The van der Waals surface area contributed by atoms with Crippen LogP contribution in [0.1, 0.15) is 30.5 Å². The second-order valence-electron chi connectivity index (χ2n) is 7.52. The van der Waals surface area contributed by atoms with Gasteiger partial charge in [0.15, 0.2) is 16.6 Å². The number of nitrogen functional groups attached to an aromatic ring is 1. The van der Waals surface area contributed by atoms with Crippen LogP contribution in [0.15, 0.2) is 46.1 Å². The number of amides is 1. The Balaban J connectivity index is 1.49. The number of carboxylic acids is 1. The van der Waals surface area contributed by atoms with Crippen LogP contribution in [0.25, 0.3) is 0 Å². The minimum absolute atomic E-state index is 0.0211. The van der Waals surface area contributed by atoms with Crippen LogP contribution >= 0.6 is 34.7 Å². The Morgan fingerprint density at radius 3 is 2.67 bits per heavy atom. The van der Waals surface area contributed by atoms with Crippen LogP contribution < -0.4 is 5.73 Å². The summed E-state index contributed by atoms with van der Waals surface area (Å²) in [6.07, 6.45) is 0.786. The van der Waals surface area contributed by atoms with Gasteiger partial charge in [0.2, 0.25) is 5.91 Å². The predicted octanol–water partition coefficient (Wildman–Crippen LogP) is 3.37. The zero-order valence-corrected chi connectivity index (χ0v) is 19.5. The molecule has 1 saturated heterocycles. The van der Waals surface area contributed by atoms with Gasteiger partial charge in [-0.2, -0.15) is 0 Å². The van der Waals surface area contributed by atoms with Crippen LogP contribution in [0.3, 0.4) is 0 Å². The Bertz CT molecular complexity index is 1180. The molecule has 4 N–H and O–H groups in total. The van der Waals surface area contributed by atoms with Gasteiger partial charge in [0.25, 0.3) is 0 Å². The third-order valence-corrected chi connectivity index (χ3v) is 7.88. The number of allylic oxidation sites excluding steroid dienone is 1. The minimum Gasteiger partial charge on any atom is -0.477 e. The lowest BCUT2D eigenvalue weighted by Gasteiger charge is -2.50. The molecule has 1 aromatic heterocycles. The molecular formula is C21H19ClN4O5S2. The highest BCUT2D eigenvalue weighted by atomic mass is 35.5. The van der Waals surface area contributed by atoms with E-state index < -0.39 is 29.6 Å². The van der Waals surface area contributed by atoms with Crippen LogP contribution in [-0.4, -0.2) is 49.6 Å². The Labute approximate surface area is 201 Å². The molecule has 0 aliphatic carbocycles. The molecule has 2 unspecified atom stereocenters. The van der Waals surface area contributed by atoms with Gasteiger partial charge in [0.05, 0.1) is 5.92 Å². The molecule has 1 aromatic carbocycles. The molecule has 0 radical (unpaired) electrons. The first-order chi connectivity index (χ1) is 15.8. The molecule has 4 rings (SSSR count). The maximum Gasteiger partial charge on any atom is 0.353 e. The number of Topliss-reactive ketones (excluding diaryl/α,β-unsaturated/α-hetero) is 1. The van der Waals surface area contributed by atoms with Gasteiger partial charge < -0.3 is 20.9 Å². The van der Waals surface area contributed by atoms with Crippen molar-refractivity contribution in [2.75, 3.05) is 5.73 Å². The van der Waals surface area contributed by atoms with E-state index in [4.69, 9.17) is 17.3 Å². The number of thioether (sulfide) groups is 1. The first-order valence-corrected chi connectivity index (χ1v) is 12.1. The number of β-lactam (4-membered cyclic amide) rings is 1. The lowest BCUT2D eigenvalue weighted by Crippen LogP contribution is -2.63. The number of halogens is 1. The van der Waals surface area contributed by atoms with Crippen LogP contribution in [0, 0.1) is 5.92 Å². The number of hydrogen-bond acceptors (Lipinski definition) is 9. The number of hydrogen-bond donors (Lipinski definition) is 3. The standard InChI is InChI=1S/C21H19ClN4O5S2/c22-18-16(24-21(23)33-18)15(25-31)13(27)8-11-12-6-7-14(17(20(29)30)26(12)19(11)28)32-9-10-4-2-1-3-5-10/h1-5,11-12,31H,6-9H2,(H2,23,24)(H,29,30)/b25-15-. The zero-order valence-electron chi connectivity index (χ0n) is 17.1. The number of nitrogens with zero attached hydrogens (tertiary/aromatic N) is 3. The molecule has 12 heteroatoms. The fourth-order valence-electron chi connectivity index (χ4n) is 4.07. The summed E-state index contributed by atoms with van der Waals surface area (Å²) in [5.41, 5.74) is 6.21. The summed E-state index contributed by atoms with van der Waals surface area (Å²) in [6.45, 7) is 0. The number of rotatable bonds is 8. The first kappa shape index (κ1) is 23.3. The lowest BCUT2D eigenvalue weighted by molar-refractivity contribution is -0.159. The summed E-state index contributed by atoms with van der Waals surface area (Å²) in [7, 11) is 0. The fraction of sp³-hybridized carbons (Fsp3) is 0.286. The number of oxime groups is 1. The van der Waals surface area contributed by atoms with Gasteiger partial charge in [0.1, 0.15) is 15.7 Å². The van der Waals surface area contributed by atoms with Crippen molar-refractivity contribution in [2.45, 2.75) is 31.1 Å². The van der Waals surface area contributed by atoms with Crippen LogP contribution in [0.4, 0.5) is 5.13 Å². The summed E-state index contributed by atoms with van der Waals surface area (Å²) in [4.78, 5) is 43.5. The molecule has 0 bridgehead atoms. The number of fused-ring (bicyclic) bond motifs is 1. The highest BCUT2D eigenvalue weighted by Gasteiger charge is 2.53. The summed E-state index contributed by atoms with van der Waals surface area (Å²) in [5.74, 6) is -2.35. The third-order valence-electron chi connectivity index (χ3n) is 5.58. The summed E-state index contributed by atoms with van der Waals surface area (Å²) < 4.78 is 0.101. The maximum atomic E-state index is 12.9. The van der Waals surface area contributed by atoms with Crippen molar-refractivity contribution in [1.82, 2.24) is 9.88 Å². The molecule has 2 aliphatic rings. The minimum atomic E-state index is -1.17. The molecule has 9 nitrogen and oxygen atoms in total. The predicted molar refractivity (Wildman–Crippen MR) is 125 cm³/mol. The van der Waals surface area contributed by atoms with Crippen LogP contribution in [-0.2, 0) is 20.1 Å². The van der Waals surface area contributed by atoms with E-state index in [-0.39, 0.29) is 33.0 Å². The van der Waals surface area contributed by atoms with Crippen molar-refractivity contribution in [3.05, 3.63) is 56.5 Å². The van der Waals surface area contributed by atoms with Gasteiger partial charge in [0, 0.05) is 23.1 Å². The Morgan fingerprint density at radius 1 is 1.33 bits per heavy atom. The first-order valence-electron chi connectivity index (χ1n) is 9.95.